The normalized spacial score (nSPS) is 26.6. The molecule has 1 aromatic heterocycles. The van der Waals surface area contributed by atoms with Gasteiger partial charge in [-0.2, -0.15) is 0 Å². The molecule has 14 heavy (non-hydrogen) atoms. The number of hydrogen-bond donors (Lipinski definition) is 1. The summed E-state index contributed by atoms with van der Waals surface area (Å²) in [6.45, 7) is 2.34. The predicted octanol–water partition coefficient (Wildman–Crippen LogP) is 1.09. The van der Waals surface area contributed by atoms with Gasteiger partial charge in [0, 0.05) is 24.4 Å². The third kappa shape index (κ3) is 1.65. The fourth-order valence-electron chi connectivity index (χ4n) is 2.13. The molecule has 0 radical (unpaired) electrons. The Bertz CT molecular complexity index is 281. The minimum Gasteiger partial charge on any atom is -0.380 e. The van der Waals surface area contributed by atoms with Gasteiger partial charge in [0.2, 0.25) is 0 Å². The van der Waals surface area contributed by atoms with Crippen molar-refractivity contribution in [3.63, 3.8) is 0 Å². The maximum Gasteiger partial charge on any atom is 0.0564 e. The molecule has 0 saturated carbocycles. The number of pyridine rings is 1. The second-order valence-corrected chi connectivity index (χ2v) is 3.86. The van der Waals surface area contributed by atoms with Gasteiger partial charge in [-0.05, 0) is 31.0 Å². The lowest BCUT2D eigenvalue weighted by atomic mass is 9.78. The molecule has 3 nitrogen and oxygen atoms in total. The monoisotopic (exact) mass is 192 g/mol. The average Bonchev–Trinajstić information content (AvgIpc) is 2.70. The van der Waals surface area contributed by atoms with Crippen molar-refractivity contribution in [1.29, 1.82) is 0 Å². The van der Waals surface area contributed by atoms with E-state index in [-0.39, 0.29) is 5.41 Å². The van der Waals surface area contributed by atoms with Crippen LogP contribution in [0.5, 0.6) is 0 Å². The summed E-state index contributed by atoms with van der Waals surface area (Å²) in [6.07, 6.45) is 5.79. The molecule has 0 bridgehead atoms. The van der Waals surface area contributed by atoms with E-state index in [1.165, 1.54) is 5.56 Å². The van der Waals surface area contributed by atoms with Crippen molar-refractivity contribution in [2.45, 2.75) is 18.3 Å². The van der Waals surface area contributed by atoms with Gasteiger partial charge in [0.15, 0.2) is 0 Å². The summed E-state index contributed by atoms with van der Waals surface area (Å²) in [5.74, 6) is 0. The molecule has 3 heteroatoms. The van der Waals surface area contributed by atoms with E-state index in [4.69, 9.17) is 10.5 Å². The van der Waals surface area contributed by atoms with Gasteiger partial charge >= 0.3 is 0 Å². The van der Waals surface area contributed by atoms with Crippen molar-refractivity contribution in [2.24, 2.45) is 5.73 Å². The van der Waals surface area contributed by atoms with Crippen LogP contribution >= 0.6 is 0 Å². The van der Waals surface area contributed by atoms with Gasteiger partial charge < -0.3 is 10.5 Å². The van der Waals surface area contributed by atoms with Gasteiger partial charge in [-0.3, -0.25) is 4.98 Å². The molecule has 76 valence electrons. The lowest BCUT2D eigenvalue weighted by Gasteiger charge is -2.26. The molecule has 1 aliphatic heterocycles. The van der Waals surface area contributed by atoms with Gasteiger partial charge in [-0.25, -0.2) is 0 Å². The SMILES string of the molecule is NCCC1(c2cccnc2)CCOC1. The highest BCUT2D eigenvalue weighted by molar-refractivity contribution is 5.23. The first kappa shape index (κ1) is 9.62. The molecule has 1 aliphatic rings. The first-order valence-corrected chi connectivity index (χ1v) is 5.06. The zero-order valence-corrected chi connectivity index (χ0v) is 8.28. The van der Waals surface area contributed by atoms with Crippen LogP contribution in [0.4, 0.5) is 0 Å². The van der Waals surface area contributed by atoms with Crippen LogP contribution in [0.2, 0.25) is 0 Å². The maximum atomic E-state index is 5.65. The van der Waals surface area contributed by atoms with E-state index in [9.17, 15) is 0 Å². The minimum atomic E-state index is 0.128. The van der Waals surface area contributed by atoms with Gasteiger partial charge in [0.05, 0.1) is 6.61 Å². The molecule has 1 fully saturated rings. The van der Waals surface area contributed by atoms with Crippen LogP contribution < -0.4 is 5.73 Å². The Balaban J connectivity index is 2.27. The van der Waals surface area contributed by atoms with Gasteiger partial charge in [0.25, 0.3) is 0 Å². The van der Waals surface area contributed by atoms with Gasteiger partial charge in [0.1, 0.15) is 0 Å². The summed E-state index contributed by atoms with van der Waals surface area (Å²) in [5, 5.41) is 0. The molecule has 0 aromatic carbocycles. The second-order valence-electron chi connectivity index (χ2n) is 3.86. The zero-order valence-electron chi connectivity index (χ0n) is 8.28. The van der Waals surface area contributed by atoms with E-state index in [2.05, 4.69) is 11.1 Å². The Labute approximate surface area is 84.3 Å². The van der Waals surface area contributed by atoms with Gasteiger partial charge in [-0.15, -0.1) is 0 Å². The van der Waals surface area contributed by atoms with Crippen LogP contribution in [0.25, 0.3) is 0 Å². The highest BCUT2D eigenvalue weighted by atomic mass is 16.5. The maximum absolute atomic E-state index is 5.65. The van der Waals surface area contributed by atoms with Crippen LogP contribution in [0.15, 0.2) is 24.5 Å². The zero-order chi connectivity index (χ0) is 9.86. The van der Waals surface area contributed by atoms with Crippen LogP contribution in [0.3, 0.4) is 0 Å². The molecule has 0 amide bonds. The number of aromatic nitrogens is 1. The fourth-order valence-corrected chi connectivity index (χ4v) is 2.13. The van der Waals surface area contributed by atoms with E-state index >= 15 is 0 Å². The van der Waals surface area contributed by atoms with E-state index < -0.39 is 0 Å². The molecule has 0 aliphatic carbocycles. The minimum absolute atomic E-state index is 0.128. The summed E-state index contributed by atoms with van der Waals surface area (Å²) in [6, 6.07) is 4.10. The number of nitrogens with zero attached hydrogens (tertiary/aromatic N) is 1. The summed E-state index contributed by atoms with van der Waals surface area (Å²) in [5.41, 5.74) is 7.05. The van der Waals surface area contributed by atoms with E-state index in [0.717, 1.165) is 26.1 Å². The van der Waals surface area contributed by atoms with Crippen molar-refractivity contribution >= 4 is 0 Å². The molecule has 2 heterocycles. The first-order valence-electron chi connectivity index (χ1n) is 5.06. The fraction of sp³-hybridized carbons (Fsp3) is 0.545. The Morgan fingerprint density at radius 1 is 1.57 bits per heavy atom. The van der Waals surface area contributed by atoms with Crippen molar-refractivity contribution in [3.05, 3.63) is 30.1 Å². The number of ether oxygens (including phenoxy) is 1. The van der Waals surface area contributed by atoms with Gasteiger partial charge in [-0.1, -0.05) is 6.07 Å². The van der Waals surface area contributed by atoms with Crippen LogP contribution in [0, 0.1) is 0 Å². The molecule has 1 aromatic rings. The molecule has 1 saturated heterocycles. The van der Waals surface area contributed by atoms with Crippen LogP contribution in [-0.2, 0) is 10.2 Å². The predicted molar refractivity (Wildman–Crippen MR) is 55.0 cm³/mol. The largest absolute Gasteiger partial charge is 0.380 e. The number of rotatable bonds is 3. The van der Waals surface area contributed by atoms with E-state index in [1.54, 1.807) is 6.20 Å². The third-order valence-corrected chi connectivity index (χ3v) is 3.00. The summed E-state index contributed by atoms with van der Waals surface area (Å²) < 4.78 is 5.48. The number of nitrogens with two attached hydrogens (primary N) is 1. The molecule has 2 rings (SSSR count). The second kappa shape index (κ2) is 4.07. The Morgan fingerprint density at radius 3 is 3.07 bits per heavy atom. The quantitative estimate of drug-likeness (QED) is 0.779. The van der Waals surface area contributed by atoms with Crippen LogP contribution in [0.1, 0.15) is 18.4 Å². The lowest BCUT2D eigenvalue weighted by Crippen LogP contribution is -2.29. The van der Waals surface area contributed by atoms with E-state index in [1.807, 2.05) is 12.3 Å². The standard InChI is InChI=1S/C11H16N2O/c12-5-3-11(4-7-14-9-11)10-2-1-6-13-8-10/h1-2,6,8H,3-5,7,9,12H2. The summed E-state index contributed by atoms with van der Waals surface area (Å²) >= 11 is 0. The van der Waals surface area contributed by atoms with Crippen LogP contribution in [-0.4, -0.2) is 24.7 Å². The smallest absolute Gasteiger partial charge is 0.0564 e. The Morgan fingerprint density at radius 2 is 2.50 bits per heavy atom. The molecular weight excluding hydrogens is 176 g/mol. The molecule has 2 N–H and O–H groups in total. The Hall–Kier alpha value is -0.930. The highest BCUT2D eigenvalue weighted by Crippen LogP contribution is 2.35. The first-order chi connectivity index (χ1) is 6.87. The molecule has 0 spiro atoms. The van der Waals surface area contributed by atoms with E-state index in [0.29, 0.717) is 6.54 Å². The Kier molecular flexibility index (Phi) is 2.79. The summed E-state index contributed by atoms with van der Waals surface area (Å²) in [7, 11) is 0. The summed E-state index contributed by atoms with van der Waals surface area (Å²) in [4.78, 5) is 4.16. The van der Waals surface area contributed by atoms with Crippen molar-refractivity contribution in [3.8, 4) is 0 Å². The molecular formula is C11H16N2O. The number of hydrogen-bond acceptors (Lipinski definition) is 3. The lowest BCUT2D eigenvalue weighted by molar-refractivity contribution is 0.175. The average molecular weight is 192 g/mol. The molecule has 1 unspecified atom stereocenters. The third-order valence-electron chi connectivity index (χ3n) is 3.00. The van der Waals surface area contributed by atoms with Crippen molar-refractivity contribution < 1.29 is 4.74 Å². The highest BCUT2D eigenvalue weighted by Gasteiger charge is 2.35. The van der Waals surface area contributed by atoms with Crippen molar-refractivity contribution in [2.75, 3.05) is 19.8 Å². The molecule has 1 atom stereocenters. The van der Waals surface area contributed by atoms with Crippen molar-refractivity contribution in [1.82, 2.24) is 4.98 Å². The topological polar surface area (TPSA) is 48.1 Å².